The summed E-state index contributed by atoms with van der Waals surface area (Å²) in [6.45, 7) is 5.17. The molecule has 1 aliphatic heterocycles. The molecule has 160 valence electrons. The quantitative estimate of drug-likeness (QED) is 0.654. The monoisotopic (exact) mass is 419 g/mol. The molecule has 0 spiro atoms. The van der Waals surface area contributed by atoms with E-state index in [0.29, 0.717) is 36.4 Å². The van der Waals surface area contributed by atoms with Crippen molar-refractivity contribution in [2.24, 2.45) is 5.92 Å². The number of hydrogen-bond acceptors (Lipinski definition) is 5. The van der Waals surface area contributed by atoms with Crippen molar-refractivity contribution in [3.05, 3.63) is 70.0 Å². The van der Waals surface area contributed by atoms with Gasteiger partial charge in [-0.3, -0.25) is 23.9 Å². The van der Waals surface area contributed by atoms with Crippen LogP contribution in [-0.2, 0) is 22.7 Å². The van der Waals surface area contributed by atoms with Crippen molar-refractivity contribution in [2.75, 3.05) is 13.1 Å². The average Bonchev–Trinajstić information content (AvgIpc) is 2.72. The van der Waals surface area contributed by atoms with Crippen LogP contribution < -0.4 is 10.9 Å². The number of likely N-dealkylation sites (tertiary alicyclic amines) is 1. The van der Waals surface area contributed by atoms with Gasteiger partial charge in [-0.25, -0.2) is 4.98 Å². The molecule has 1 aliphatic rings. The van der Waals surface area contributed by atoms with Crippen molar-refractivity contribution >= 4 is 22.7 Å². The normalized spacial score (nSPS) is 13.8. The van der Waals surface area contributed by atoms with E-state index >= 15 is 0 Å². The summed E-state index contributed by atoms with van der Waals surface area (Å²) >= 11 is 0. The second-order valence-corrected chi connectivity index (χ2v) is 7.86. The van der Waals surface area contributed by atoms with Crippen molar-refractivity contribution < 1.29 is 9.59 Å². The Hall–Kier alpha value is -3.55. The number of pyridine rings is 1. The van der Waals surface area contributed by atoms with Crippen LogP contribution in [0, 0.1) is 19.8 Å². The van der Waals surface area contributed by atoms with E-state index < -0.39 is 0 Å². The predicted octanol–water partition coefficient (Wildman–Crippen LogP) is 1.57. The van der Waals surface area contributed by atoms with Crippen molar-refractivity contribution in [3.63, 3.8) is 0 Å². The van der Waals surface area contributed by atoms with Crippen LogP contribution >= 0.6 is 0 Å². The van der Waals surface area contributed by atoms with Crippen molar-refractivity contribution in [3.8, 4) is 0 Å². The van der Waals surface area contributed by atoms with Crippen LogP contribution in [0.15, 0.2) is 47.4 Å². The Morgan fingerprint density at radius 1 is 1.13 bits per heavy atom. The summed E-state index contributed by atoms with van der Waals surface area (Å²) in [5.74, 6) is 0.242. The van der Waals surface area contributed by atoms with E-state index in [4.69, 9.17) is 0 Å². The SMILES string of the molecule is Cc1cccnc1CNC(=O)C1CN(C(=O)CCn2c(C)nc3ccccc3c2=O)C1. The van der Waals surface area contributed by atoms with E-state index in [1.807, 2.05) is 25.1 Å². The van der Waals surface area contributed by atoms with E-state index in [0.717, 1.165) is 11.3 Å². The van der Waals surface area contributed by atoms with Gasteiger partial charge in [-0.2, -0.15) is 0 Å². The van der Waals surface area contributed by atoms with Crippen LogP contribution in [0.5, 0.6) is 0 Å². The Kier molecular flexibility index (Phi) is 5.79. The third kappa shape index (κ3) is 4.33. The van der Waals surface area contributed by atoms with Gasteiger partial charge in [-0.15, -0.1) is 0 Å². The Bertz CT molecular complexity index is 1200. The largest absolute Gasteiger partial charge is 0.350 e. The number of amides is 2. The molecule has 0 atom stereocenters. The van der Waals surface area contributed by atoms with E-state index in [9.17, 15) is 14.4 Å². The highest BCUT2D eigenvalue weighted by Gasteiger charge is 2.35. The number of benzene rings is 1. The first-order valence-electron chi connectivity index (χ1n) is 10.4. The van der Waals surface area contributed by atoms with Gasteiger partial charge in [0.15, 0.2) is 0 Å². The lowest BCUT2D eigenvalue weighted by Gasteiger charge is -2.38. The average molecular weight is 419 g/mol. The summed E-state index contributed by atoms with van der Waals surface area (Å²) in [5.41, 5.74) is 2.39. The van der Waals surface area contributed by atoms with Gasteiger partial charge in [0, 0.05) is 32.3 Å². The third-order valence-corrected chi connectivity index (χ3v) is 5.75. The topological polar surface area (TPSA) is 97.2 Å². The Labute approximate surface area is 179 Å². The molecular weight excluding hydrogens is 394 g/mol. The number of carbonyl (C=O) groups is 2. The van der Waals surface area contributed by atoms with Gasteiger partial charge in [0.05, 0.1) is 29.1 Å². The summed E-state index contributed by atoms with van der Waals surface area (Å²) in [6, 6.07) is 11.0. The van der Waals surface area contributed by atoms with Crippen LogP contribution in [0.4, 0.5) is 0 Å². The first kappa shape index (κ1) is 20.7. The lowest BCUT2D eigenvalue weighted by molar-refractivity contribution is -0.143. The Morgan fingerprint density at radius 3 is 2.68 bits per heavy atom. The maximum absolute atomic E-state index is 12.7. The molecule has 0 bridgehead atoms. The number of nitrogens with one attached hydrogen (secondary N) is 1. The number of fused-ring (bicyclic) bond motifs is 1. The Morgan fingerprint density at radius 2 is 1.90 bits per heavy atom. The molecule has 1 saturated heterocycles. The summed E-state index contributed by atoms with van der Waals surface area (Å²) < 4.78 is 1.54. The molecule has 0 aliphatic carbocycles. The van der Waals surface area contributed by atoms with Gasteiger partial charge >= 0.3 is 0 Å². The van der Waals surface area contributed by atoms with E-state index in [2.05, 4.69) is 15.3 Å². The lowest BCUT2D eigenvalue weighted by Crippen LogP contribution is -2.55. The minimum absolute atomic E-state index is 0.0657. The second-order valence-electron chi connectivity index (χ2n) is 7.86. The van der Waals surface area contributed by atoms with Gasteiger partial charge in [-0.05, 0) is 37.6 Å². The van der Waals surface area contributed by atoms with Gasteiger partial charge in [0.2, 0.25) is 11.8 Å². The fraction of sp³-hybridized carbons (Fsp3) is 0.348. The van der Waals surface area contributed by atoms with Crippen LogP contribution in [0.25, 0.3) is 10.9 Å². The number of carbonyl (C=O) groups excluding carboxylic acids is 2. The Balaban J connectivity index is 1.29. The molecule has 4 rings (SSSR count). The van der Waals surface area contributed by atoms with Crippen LogP contribution in [0.2, 0.25) is 0 Å². The predicted molar refractivity (Wildman–Crippen MR) is 116 cm³/mol. The molecule has 0 unspecified atom stereocenters. The summed E-state index contributed by atoms with van der Waals surface area (Å²) in [4.78, 5) is 48.0. The zero-order chi connectivity index (χ0) is 22.0. The molecule has 0 radical (unpaired) electrons. The highest BCUT2D eigenvalue weighted by Crippen LogP contribution is 2.17. The fourth-order valence-corrected chi connectivity index (χ4v) is 3.77. The molecule has 3 aromatic rings. The third-order valence-electron chi connectivity index (χ3n) is 5.75. The van der Waals surface area contributed by atoms with Crippen molar-refractivity contribution in [2.45, 2.75) is 33.4 Å². The van der Waals surface area contributed by atoms with E-state index in [1.165, 1.54) is 0 Å². The minimum Gasteiger partial charge on any atom is -0.350 e. The molecule has 31 heavy (non-hydrogen) atoms. The number of rotatable bonds is 6. The molecule has 1 fully saturated rings. The van der Waals surface area contributed by atoms with Gasteiger partial charge in [0.25, 0.3) is 5.56 Å². The molecule has 1 aromatic carbocycles. The number of nitrogens with zero attached hydrogens (tertiary/aromatic N) is 4. The van der Waals surface area contributed by atoms with Gasteiger partial charge in [-0.1, -0.05) is 18.2 Å². The standard InChI is InChI=1S/C23H25N5O3/c1-15-6-5-10-24-20(15)12-25-22(30)17-13-27(14-17)21(29)9-11-28-16(2)26-19-8-4-3-7-18(19)23(28)31/h3-8,10,17H,9,11-14H2,1-2H3,(H,25,30). The van der Waals surface area contributed by atoms with Gasteiger partial charge < -0.3 is 10.2 Å². The molecule has 1 N–H and O–H groups in total. The molecule has 0 saturated carbocycles. The van der Waals surface area contributed by atoms with Gasteiger partial charge in [0.1, 0.15) is 5.82 Å². The number of hydrogen-bond donors (Lipinski definition) is 1. The molecule has 3 heterocycles. The van der Waals surface area contributed by atoms with Crippen LogP contribution in [0.3, 0.4) is 0 Å². The van der Waals surface area contributed by atoms with E-state index in [1.54, 1.807) is 40.8 Å². The number of para-hydroxylation sites is 1. The minimum atomic E-state index is -0.209. The number of aryl methyl sites for hydroxylation is 2. The van der Waals surface area contributed by atoms with Crippen molar-refractivity contribution in [1.82, 2.24) is 24.8 Å². The smallest absolute Gasteiger partial charge is 0.261 e. The molecular formula is C23H25N5O3. The zero-order valence-corrected chi connectivity index (χ0v) is 17.7. The molecule has 8 heteroatoms. The fourth-order valence-electron chi connectivity index (χ4n) is 3.77. The maximum Gasteiger partial charge on any atom is 0.261 e. The van der Waals surface area contributed by atoms with Crippen LogP contribution in [-0.4, -0.2) is 44.3 Å². The first-order chi connectivity index (χ1) is 14.9. The zero-order valence-electron chi connectivity index (χ0n) is 17.7. The maximum atomic E-state index is 12.7. The highest BCUT2D eigenvalue weighted by atomic mass is 16.2. The second kappa shape index (κ2) is 8.67. The van der Waals surface area contributed by atoms with E-state index in [-0.39, 0.29) is 36.3 Å². The van der Waals surface area contributed by atoms with Crippen LogP contribution in [0.1, 0.15) is 23.5 Å². The lowest BCUT2D eigenvalue weighted by atomic mass is 9.98. The summed E-state index contributed by atoms with van der Waals surface area (Å²) in [6.07, 6.45) is 1.90. The molecule has 2 aromatic heterocycles. The summed E-state index contributed by atoms with van der Waals surface area (Å²) in [5, 5.41) is 3.44. The molecule has 2 amide bonds. The van der Waals surface area contributed by atoms with Crippen molar-refractivity contribution in [1.29, 1.82) is 0 Å². The highest BCUT2D eigenvalue weighted by molar-refractivity contribution is 5.84. The number of aromatic nitrogens is 3. The first-order valence-corrected chi connectivity index (χ1v) is 10.4. The molecule has 8 nitrogen and oxygen atoms in total. The summed E-state index contributed by atoms with van der Waals surface area (Å²) in [7, 11) is 0.